The van der Waals surface area contributed by atoms with Crippen LogP contribution < -0.4 is 5.32 Å². The molecule has 0 saturated carbocycles. The average molecular weight is 399 g/mol. The number of hydrogen-bond donors (Lipinski definition) is 1. The third kappa shape index (κ3) is 4.76. The maximum absolute atomic E-state index is 12.8. The molecule has 1 N–H and O–H groups in total. The molecular weight excluding hydrogens is 375 g/mol. The van der Waals surface area contributed by atoms with E-state index < -0.39 is 0 Å². The Kier molecular flexibility index (Phi) is 7.32. The van der Waals surface area contributed by atoms with Crippen molar-refractivity contribution in [3.05, 3.63) is 45.8 Å². The van der Waals surface area contributed by atoms with Gasteiger partial charge in [-0.3, -0.25) is 4.79 Å². The second kappa shape index (κ2) is 9.04. The van der Waals surface area contributed by atoms with E-state index >= 15 is 0 Å². The Morgan fingerprint density at radius 2 is 2.04 bits per heavy atom. The first kappa shape index (κ1) is 20.2. The first-order valence-corrected chi connectivity index (χ1v) is 9.58. The van der Waals surface area contributed by atoms with Crippen LogP contribution in [0.1, 0.15) is 28.1 Å². The van der Waals surface area contributed by atoms with Crippen LogP contribution in [-0.2, 0) is 0 Å². The number of piperidine rings is 1. The smallest absolute Gasteiger partial charge is 0.263 e. The molecule has 1 saturated heterocycles. The van der Waals surface area contributed by atoms with Crippen molar-refractivity contribution in [1.29, 1.82) is 0 Å². The summed E-state index contributed by atoms with van der Waals surface area (Å²) in [6.45, 7) is 4.81. The fourth-order valence-corrected chi connectivity index (χ4v) is 4.62. The first-order chi connectivity index (χ1) is 11.6. The van der Waals surface area contributed by atoms with Gasteiger partial charge in [0.15, 0.2) is 0 Å². The number of likely N-dealkylation sites (tertiary alicyclic amines) is 1. The van der Waals surface area contributed by atoms with Gasteiger partial charge in [-0.25, -0.2) is 0 Å². The Bertz CT molecular complexity index is 724. The lowest BCUT2D eigenvalue weighted by Crippen LogP contribution is -2.40. The monoisotopic (exact) mass is 398 g/mol. The standard InChI is InChI=1S/C19H23ClN2OS.ClH/c1-13-10-17(24-18(13)15-4-3-5-16(20)11-15)19(23)22-8-6-14(7-9-22)12-21-2;/h3-5,10-11,14,21H,6-9,12H2,1-2H3;1H. The normalized spacial score (nSPS) is 15.1. The highest BCUT2D eigenvalue weighted by Gasteiger charge is 2.25. The molecule has 136 valence electrons. The van der Waals surface area contributed by atoms with E-state index in [1.54, 1.807) is 11.3 Å². The van der Waals surface area contributed by atoms with Crippen molar-refractivity contribution in [3.63, 3.8) is 0 Å². The third-order valence-corrected chi connectivity index (χ3v) is 6.12. The van der Waals surface area contributed by atoms with Crippen molar-refractivity contribution in [2.45, 2.75) is 19.8 Å². The minimum atomic E-state index is 0. The fourth-order valence-electron chi connectivity index (χ4n) is 3.29. The molecule has 0 unspecified atom stereocenters. The molecule has 1 amide bonds. The van der Waals surface area contributed by atoms with Gasteiger partial charge in [0, 0.05) is 23.0 Å². The summed E-state index contributed by atoms with van der Waals surface area (Å²) in [6, 6.07) is 9.84. The predicted octanol–water partition coefficient (Wildman–Crippen LogP) is 4.87. The number of aryl methyl sites for hydroxylation is 1. The lowest BCUT2D eigenvalue weighted by molar-refractivity contribution is 0.0696. The molecular formula is C19H24Cl2N2OS. The van der Waals surface area contributed by atoms with E-state index in [1.807, 2.05) is 42.3 Å². The fraction of sp³-hybridized carbons (Fsp3) is 0.421. The van der Waals surface area contributed by atoms with Crippen molar-refractivity contribution in [2.75, 3.05) is 26.7 Å². The number of hydrogen-bond acceptors (Lipinski definition) is 3. The van der Waals surface area contributed by atoms with E-state index in [9.17, 15) is 4.79 Å². The molecule has 0 aliphatic carbocycles. The number of carbonyl (C=O) groups is 1. The number of rotatable bonds is 4. The second-order valence-electron chi connectivity index (χ2n) is 6.43. The van der Waals surface area contributed by atoms with Gasteiger partial charge in [0.2, 0.25) is 0 Å². The van der Waals surface area contributed by atoms with E-state index in [-0.39, 0.29) is 18.3 Å². The molecule has 1 aliphatic heterocycles. The number of halogens is 2. The van der Waals surface area contributed by atoms with Gasteiger partial charge in [-0.1, -0.05) is 23.7 Å². The van der Waals surface area contributed by atoms with Crippen molar-refractivity contribution >= 4 is 41.3 Å². The number of benzene rings is 1. The molecule has 0 spiro atoms. The molecule has 2 heterocycles. The highest BCUT2D eigenvalue weighted by atomic mass is 35.5. The Balaban J connectivity index is 0.00000225. The van der Waals surface area contributed by atoms with Crippen molar-refractivity contribution in [3.8, 4) is 10.4 Å². The number of nitrogens with zero attached hydrogens (tertiary/aromatic N) is 1. The lowest BCUT2D eigenvalue weighted by atomic mass is 9.97. The maximum atomic E-state index is 12.8. The van der Waals surface area contributed by atoms with E-state index in [1.165, 1.54) is 0 Å². The van der Waals surface area contributed by atoms with Gasteiger partial charge in [-0.2, -0.15) is 0 Å². The van der Waals surface area contributed by atoms with Crippen LogP contribution in [0.3, 0.4) is 0 Å². The summed E-state index contributed by atoms with van der Waals surface area (Å²) in [4.78, 5) is 16.8. The predicted molar refractivity (Wildman–Crippen MR) is 109 cm³/mol. The molecule has 0 atom stereocenters. The number of nitrogens with one attached hydrogen (secondary N) is 1. The maximum Gasteiger partial charge on any atom is 0.263 e. The van der Waals surface area contributed by atoms with Crippen molar-refractivity contribution in [1.82, 2.24) is 10.2 Å². The Morgan fingerprint density at radius 1 is 1.32 bits per heavy atom. The molecule has 1 aromatic heterocycles. The topological polar surface area (TPSA) is 32.3 Å². The van der Waals surface area contributed by atoms with Crippen LogP contribution in [-0.4, -0.2) is 37.5 Å². The summed E-state index contributed by atoms with van der Waals surface area (Å²) in [5.41, 5.74) is 2.22. The second-order valence-corrected chi connectivity index (χ2v) is 7.92. The van der Waals surface area contributed by atoms with Crippen molar-refractivity contribution < 1.29 is 4.79 Å². The molecule has 1 aromatic carbocycles. The van der Waals surface area contributed by atoms with Gasteiger partial charge in [0.1, 0.15) is 0 Å². The first-order valence-electron chi connectivity index (χ1n) is 8.38. The molecule has 6 heteroatoms. The van der Waals surface area contributed by atoms with Crippen LogP contribution in [0.2, 0.25) is 5.02 Å². The molecule has 3 nitrogen and oxygen atoms in total. The summed E-state index contributed by atoms with van der Waals surface area (Å²) >= 11 is 7.67. The summed E-state index contributed by atoms with van der Waals surface area (Å²) in [5.74, 6) is 0.852. The number of amides is 1. The van der Waals surface area contributed by atoms with E-state index in [0.29, 0.717) is 5.92 Å². The van der Waals surface area contributed by atoms with Crippen LogP contribution >= 0.6 is 35.3 Å². The minimum Gasteiger partial charge on any atom is -0.338 e. The van der Waals surface area contributed by atoms with E-state index in [4.69, 9.17) is 11.6 Å². The number of carbonyl (C=O) groups excluding carboxylic acids is 1. The Labute approximate surface area is 164 Å². The molecule has 0 bridgehead atoms. The summed E-state index contributed by atoms with van der Waals surface area (Å²) in [5, 5.41) is 3.96. The number of thiophene rings is 1. The molecule has 2 aromatic rings. The van der Waals surface area contributed by atoms with Gasteiger partial charge in [-0.05, 0) is 68.6 Å². The molecule has 3 rings (SSSR count). The van der Waals surface area contributed by atoms with Gasteiger partial charge >= 0.3 is 0 Å². The van der Waals surface area contributed by atoms with Gasteiger partial charge in [0.25, 0.3) is 5.91 Å². The van der Waals surface area contributed by atoms with Crippen LogP contribution in [0, 0.1) is 12.8 Å². The summed E-state index contributed by atoms with van der Waals surface area (Å²) < 4.78 is 0. The van der Waals surface area contributed by atoms with Crippen LogP contribution in [0.4, 0.5) is 0 Å². The van der Waals surface area contributed by atoms with E-state index in [2.05, 4.69) is 12.2 Å². The molecule has 0 radical (unpaired) electrons. The Morgan fingerprint density at radius 3 is 2.68 bits per heavy atom. The van der Waals surface area contributed by atoms with Crippen LogP contribution in [0.5, 0.6) is 0 Å². The molecule has 1 fully saturated rings. The van der Waals surface area contributed by atoms with Crippen LogP contribution in [0.15, 0.2) is 30.3 Å². The van der Waals surface area contributed by atoms with Gasteiger partial charge < -0.3 is 10.2 Å². The molecule has 1 aliphatic rings. The van der Waals surface area contributed by atoms with Gasteiger partial charge in [0.05, 0.1) is 4.88 Å². The zero-order valence-electron chi connectivity index (χ0n) is 14.5. The van der Waals surface area contributed by atoms with Gasteiger partial charge in [-0.15, -0.1) is 23.7 Å². The highest BCUT2D eigenvalue weighted by Crippen LogP contribution is 2.34. The SMILES string of the molecule is CNCC1CCN(C(=O)c2cc(C)c(-c3cccc(Cl)c3)s2)CC1.Cl. The summed E-state index contributed by atoms with van der Waals surface area (Å²) in [6.07, 6.45) is 2.16. The van der Waals surface area contributed by atoms with Crippen molar-refractivity contribution in [2.24, 2.45) is 5.92 Å². The Hall–Kier alpha value is -1.07. The zero-order chi connectivity index (χ0) is 17.1. The average Bonchev–Trinajstić information content (AvgIpc) is 2.97. The highest BCUT2D eigenvalue weighted by molar-refractivity contribution is 7.17. The lowest BCUT2D eigenvalue weighted by Gasteiger charge is -2.31. The van der Waals surface area contributed by atoms with E-state index in [0.717, 1.165) is 58.4 Å². The van der Waals surface area contributed by atoms with Crippen LogP contribution in [0.25, 0.3) is 10.4 Å². The minimum absolute atomic E-state index is 0. The largest absolute Gasteiger partial charge is 0.338 e. The molecule has 25 heavy (non-hydrogen) atoms. The summed E-state index contributed by atoms with van der Waals surface area (Å²) in [7, 11) is 1.99. The zero-order valence-corrected chi connectivity index (χ0v) is 16.9. The third-order valence-electron chi connectivity index (χ3n) is 4.61. The quantitative estimate of drug-likeness (QED) is 0.796.